The van der Waals surface area contributed by atoms with Gasteiger partial charge in [-0.25, -0.2) is 0 Å². The zero-order chi connectivity index (χ0) is 21.5. The number of halogens is 3. The van der Waals surface area contributed by atoms with Gasteiger partial charge >= 0.3 is 12.1 Å². The standard InChI is InChI=1S/C21H18F3N3O3/c1-12-2-5-15(8-17(12)21(22,23)24)18-25-19(30-26-18)14-6-3-13(4-7-14)9-27-10-16(11-27)20(28)29/h2-8,16H,9-11H2,1H3,(H,28,29). The number of aliphatic carboxylic acids is 1. The Morgan fingerprint density at radius 3 is 2.47 bits per heavy atom. The highest BCUT2D eigenvalue weighted by atomic mass is 19.4. The lowest BCUT2D eigenvalue weighted by Crippen LogP contribution is -2.49. The van der Waals surface area contributed by atoms with Gasteiger partial charge in [0, 0.05) is 30.8 Å². The van der Waals surface area contributed by atoms with Crippen LogP contribution in [0.15, 0.2) is 47.0 Å². The van der Waals surface area contributed by atoms with Crippen molar-refractivity contribution >= 4 is 5.97 Å². The maximum Gasteiger partial charge on any atom is 0.416 e. The molecule has 6 nitrogen and oxygen atoms in total. The number of alkyl halides is 3. The molecule has 0 saturated carbocycles. The molecule has 1 aliphatic heterocycles. The molecule has 1 N–H and O–H groups in total. The third-order valence-corrected chi connectivity index (χ3v) is 5.14. The molecular formula is C21H18F3N3O3. The number of aryl methyl sites for hydroxylation is 1. The zero-order valence-corrected chi connectivity index (χ0v) is 16.0. The summed E-state index contributed by atoms with van der Waals surface area (Å²) in [6.45, 7) is 3.10. The minimum absolute atomic E-state index is 0.0832. The van der Waals surface area contributed by atoms with Crippen molar-refractivity contribution in [3.8, 4) is 22.8 Å². The highest BCUT2D eigenvalue weighted by Crippen LogP contribution is 2.34. The van der Waals surface area contributed by atoms with Crippen LogP contribution in [-0.2, 0) is 17.5 Å². The third-order valence-electron chi connectivity index (χ3n) is 5.14. The van der Waals surface area contributed by atoms with Crippen molar-refractivity contribution in [1.82, 2.24) is 15.0 Å². The molecule has 9 heteroatoms. The molecule has 0 spiro atoms. The second-order valence-electron chi connectivity index (χ2n) is 7.38. The van der Waals surface area contributed by atoms with Crippen LogP contribution in [0, 0.1) is 12.8 Å². The highest BCUT2D eigenvalue weighted by molar-refractivity contribution is 5.71. The van der Waals surface area contributed by atoms with Crippen LogP contribution in [0.4, 0.5) is 13.2 Å². The minimum Gasteiger partial charge on any atom is -0.481 e. The Kier molecular flexibility index (Phi) is 5.07. The van der Waals surface area contributed by atoms with Gasteiger partial charge in [0.05, 0.1) is 11.5 Å². The first-order valence-corrected chi connectivity index (χ1v) is 9.27. The molecule has 2 aromatic carbocycles. The molecule has 3 aromatic rings. The Labute approximate surface area is 169 Å². The van der Waals surface area contributed by atoms with Gasteiger partial charge in [-0.3, -0.25) is 9.69 Å². The van der Waals surface area contributed by atoms with Gasteiger partial charge in [0.2, 0.25) is 5.82 Å². The molecule has 1 fully saturated rings. The summed E-state index contributed by atoms with van der Waals surface area (Å²) in [6.07, 6.45) is -4.45. The van der Waals surface area contributed by atoms with Crippen molar-refractivity contribution < 1.29 is 27.6 Å². The largest absolute Gasteiger partial charge is 0.481 e. The van der Waals surface area contributed by atoms with Crippen molar-refractivity contribution in [2.24, 2.45) is 5.92 Å². The number of nitrogens with zero attached hydrogens (tertiary/aromatic N) is 3. The lowest BCUT2D eigenvalue weighted by Gasteiger charge is -2.36. The summed E-state index contributed by atoms with van der Waals surface area (Å²) in [6, 6.07) is 11.3. The van der Waals surface area contributed by atoms with E-state index in [2.05, 4.69) is 10.1 Å². The molecule has 30 heavy (non-hydrogen) atoms. The molecule has 0 amide bonds. The summed E-state index contributed by atoms with van der Waals surface area (Å²) in [5.41, 5.74) is 1.28. The van der Waals surface area contributed by atoms with Crippen LogP contribution in [0.1, 0.15) is 16.7 Å². The maximum atomic E-state index is 13.1. The van der Waals surface area contributed by atoms with Crippen LogP contribution in [0.3, 0.4) is 0 Å². The molecule has 0 aliphatic carbocycles. The monoisotopic (exact) mass is 417 g/mol. The average molecular weight is 417 g/mol. The first-order valence-electron chi connectivity index (χ1n) is 9.27. The number of carbonyl (C=O) groups is 1. The molecule has 1 aliphatic rings. The quantitative estimate of drug-likeness (QED) is 0.669. The Morgan fingerprint density at radius 1 is 1.17 bits per heavy atom. The molecule has 0 atom stereocenters. The normalized spacial score (nSPS) is 15.2. The highest BCUT2D eigenvalue weighted by Gasteiger charge is 2.33. The van der Waals surface area contributed by atoms with Crippen LogP contribution in [0.25, 0.3) is 22.8 Å². The van der Waals surface area contributed by atoms with E-state index in [1.54, 1.807) is 12.1 Å². The van der Waals surface area contributed by atoms with Crippen LogP contribution in [0.5, 0.6) is 0 Å². The predicted molar refractivity (Wildman–Crippen MR) is 101 cm³/mol. The second kappa shape index (κ2) is 7.56. The number of hydrogen-bond donors (Lipinski definition) is 1. The number of hydrogen-bond acceptors (Lipinski definition) is 5. The summed E-state index contributed by atoms with van der Waals surface area (Å²) < 4.78 is 44.6. The van der Waals surface area contributed by atoms with Gasteiger partial charge in [0.25, 0.3) is 5.89 Å². The third kappa shape index (κ3) is 4.06. The lowest BCUT2D eigenvalue weighted by molar-refractivity contribution is -0.147. The van der Waals surface area contributed by atoms with E-state index >= 15 is 0 Å². The van der Waals surface area contributed by atoms with Gasteiger partial charge in [0.1, 0.15) is 0 Å². The first-order chi connectivity index (χ1) is 14.2. The Bertz CT molecular complexity index is 1070. The Balaban J connectivity index is 1.47. The first kappa shape index (κ1) is 20.1. The number of aromatic nitrogens is 2. The van der Waals surface area contributed by atoms with E-state index in [9.17, 15) is 18.0 Å². The van der Waals surface area contributed by atoms with E-state index in [0.717, 1.165) is 11.6 Å². The molecule has 0 bridgehead atoms. The molecular weight excluding hydrogens is 399 g/mol. The second-order valence-corrected chi connectivity index (χ2v) is 7.38. The van der Waals surface area contributed by atoms with E-state index in [1.165, 1.54) is 19.1 Å². The summed E-state index contributed by atoms with van der Waals surface area (Å²) in [5.74, 6) is -0.786. The van der Waals surface area contributed by atoms with Crippen LogP contribution in [0.2, 0.25) is 0 Å². The van der Waals surface area contributed by atoms with Gasteiger partial charge in [-0.2, -0.15) is 18.2 Å². The number of likely N-dealkylation sites (tertiary alicyclic amines) is 1. The fourth-order valence-electron chi connectivity index (χ4n) is 3.39. The van der Waals surface area contributed by atoms with E-state index < -0.39 is 17.7 Å². The van der Waals surface area contributed by atoms with Crippen LogP contribution < -0.4 is 0 Å². The van der Waals surface area contributed by atoms with Crippen molar-refractivity contribution in [2.45, 2.75) is 19.6 Å². The van der Waals surface area contributed by atoms with Gasteiger partial charge in [-0.1, -0.05) is 29.4 Å². The van der Waals surface area contributed by atoms with Crippen LogP contribution >= 0.6 is 0 Å². The van der Waals surface area contributed by atoms with Gasteiger partial charge in [0.15, 0.2) is 0 Å². The SMILES string of the molecule is Cc1ccc(-c2noc(-c3ccc(CN4CC(C(=O)O)C4)cc3)n2)cc1C(F)(F)F. The molecule has 1 saturated heterocycles. The molecule has 156 valence electrons. The average Bonchev–Trinajstić information content (AvgIpc) is 3.14. The summed E-state index contributed by atoms with van der Waals surface area (Å²) in [7, 11) is 0. The van der Waals surface area contributed by atoms with E-state index in [4.69, 9.17) is 9.63 Å². The number of rotatable bonds is 5. The predicted octanol–water partition coefficient (Wildman–Crippen LogP) is 4.25. The topological polar surface area (TPSA) is 79.5 Å². The van der Waals surface area contributed by atoms with Crippen molar-refractivity contribution in [3.63, 3.8) is 0 Å². The summed E-state index contributed by atoms with van der Waals surface area (Å²) in [4.78, 5) is 17.1. The molecule has 2 heterocycles. The number of benzene rings is 2. The van der Waals surface area contributed by atoms with Crippen molar-refractivity contribution in [1.29, 1.82) is 0 Å². The molecule has 0 radical (unpaired) electrons. The Hall–Kier alpha value is -3.20. The fraction of sp³-hybridized carbons (Fsp3) is 0.286. The lowest BCUT2D eigenvalue weighted by atomic mass is 9.99. The maximum absolute atomic E-state index is 13.1. The molecule has 0 unspecified atom stereocenters. The van der Waals surface area contributed by atoms with Gasteiger partial charge in [-0.05, 0) is 36.2 Å². The van der Waals surface area contributed by atoms with Gasteiger partial charge < -0.3 is 9.63 Å². The van der Waals surface area contributed by atoms with Gasteiger partial charge in [-0.15, -0.1) is 0 Å². The molecule has 4 rings (SSSR count). The smallest absolute Gasteiger partial charge is 0.416 e. The zero-order valence-electron chi connectivity index (χ0n) is 16.0. The summed E-state index contributed by atoms with van der Waals surface area (Å²) >= 11 is 0. The van der Waals surface area contributed by atoms with E-state index in [-0.39, 0.29) is 28.8 Å². The van der Waals surface area contributed by atoms with Crippen molar-refractivity contribution in [3.05, 3.63) is 59.2 Å². The fourth-order valence-corrected chi connectivity index (χ4v) is 3.39. The number of carboxylic acids is 1. The summed E-state index contributed by atoms with van der Waals surface area (Å²) in [5, 5.41) is 12.7. The number of carboxylic acid groups (broad SMARTS) is 1. The van der Waals surface area contributed by atoms with E-state index in [0.29, 0.717) is 25.2 Å². The Morgan fingerprint density at radius 2 is 1.83 bits per heavy atom. The van der Waals surface area contributed by atoms with Crippen LogP contribution in [-0.4, -0.2) is 39.2 Å². The minimum atomic E-state index is -4.45. The molecule has 1 aromatic heterocycles. The van der Waals surface area contributed by atoms with E-state index in [1.807, 2.05) is 17.0 Å². The van der Waals surface area contributed by atoms with Crippen molar-refractivity contribution in [2.75, 3.05) is 13.1 Å².